The van der Waals surface area contributed by atoms with Gasteiger partial charge in [0.2, 0.25) is 21.1 Å². The highest BCUT2D eigenvalue weighted by Gasteiger charge is 2.33. The van der Waals surface area contributed by atoms with E-state index in [2.05, 4.69) is 15.5 Å². The molecule has 0 unspecified atom stereocenters. The van der Waals surface area contributed by atoms with Crippen molar-refractivity contribution in [3.05, 3.63) is 35.1 Å². The van der Waals surface area contributed by atoms with E-state index in [0.717, 1.165) is 11.1 Å². The van der Waals surface area contributed by atoms with Crippen LogP contribution in [0.3, 0.4) is 0 Å². The van der Waals surface area contributed by atoms with Crippen LogP contribution in [0, 0.1) is 18.7 Å². The fraction of sp³-hybridized carbons (Fsp3) is 0.400. The molecule has 0 aliphatic carbocycles. The number of anilines is 1. The maximum absolute atomic E-state index is 13.8. The molecule has 0 radical (unpaired) electrons. The lowest BCUT2D eigenvalue weighted by Gasteiger charge is -2.30. The Morgan fingerprint density at radius 3 is 2.56 bits per heavy atom. The highest BCUT2D eigenvalue weighted by molar-refractivity contribution is 7.89. The Bertz CT molecular complexity index is 876. The first-order valence-corrected chi connectivity index (χ1v) is 9.99. The van der Waals surface area contributed by atoms with E-state index in [4.69, 9.17) is 0 Å². The summed E-state index contributed by atoms with van der Waals surface area (Å²) in [7, 11) is -3.89. The number of amides is 1. The van der Waals surface area contributed by atoms with E-state index in [1.165, 1.54) is 33.8 Å². The highest BCUT2D eigenvalue weighted by atomic mass is 32.2. The summed E-state index contributed by atoms with van der Waals surface area (Å²) in [5, 5.41) is 11.6. The Labute approximate surface area is 148 Å². The second kappa shape index (κ2) is 7.14. The number of hydrogen-bond donors (Lipinski definition) is 1. The van der Waals surface area contributed by atoms with Gasteiger partial charge in [-0.25, -0.2) is 12.8 Å². The van der Waals surface area contributed by atoms with E-state index in [1.807, 2.05) is 0 Å². The van der Waals surface area contributed by atoms with Crippen molar-refractivity contribution in [2.24, 2.45) is 5.92 Å². The van der Waals surface area contributed by atoms with Gasteiger partial charge in [-0.1, -0.05) is 23.5 Å². The molecule has 7 nitrogen and oxygen atoms in total. The van der Waals surface area contributed by atoms with E-state index in [1.54, 1.807) is 6.92 Å². The second-order valence-corrected chi connectivity index (χ2v) is 8.81. The van der Waals surface area contributed by atoms with Gasteiger partial charge >= 0.3 is 0 Å². The van der Waals surface area contributed by atoms with Gasteiger partial charge in [-0.15, -0.1) is 10.2 Å². The average molecular weight is 384 g/mol. The lowest BCUT2D eigenvalue weighted by atomic mass is 9.97. The number of carbonyl (C=O) groups excluding carboxylic acids is 1. The maximum Gasteiger partial charge on any atom is 0.245 e. The number of aromatic nitrogens is 2. The predicted molar refractivity (Wildman–Crippen MR) is 91.2 cm³/mol. The molecule has 1 amide bonds. The van der Waals surface area contributed by atoms with Crippen LogP contribution in [0.4, 0.5) is 9.52 Å². The molecule has 1 aliphatic heterocycles. The third kappa shape index (κ3) is 3.86. The first-order valence-electron chi connectivity index (χ1n) is 7.73. The zero-order valence-corrected chi connectivity index (χ0v) is 15.1. The predicted octanol–water partition coefficient (Wildman–Crippen LogP) is 2.03. The summed E-state index contributed by atoms with van der Waals surface area (Å²) >= 11 is 1.28. The Balaban J connectivity index is 1.63. The summed E-state index contributed by atoms with van der Waals surface area (Å²) in [5.74, 6) is -1.27. The van der Waals surface area contributed by atoms with E-state index >= 15 is 0 Å². The fourth-order valence-electron chi connectivity index (χ4n) is 2.71. The van der Waals surface area contributed by atoms with Crippen LogP contribution in [0.5, 0.6) is 0 Å². The van der Waals surface area contributed by atoms with Gasteiger partial charge in [0.05, 0.1) is 0 Å². The summed E-state index contributed by atoms with van der Waals surface area (Å²) < 4.78 is 40.1. The van der Waals surface area contributed by atoms with E-state index in [9.17, 15) is 17.6 Å². The van der Waals surface area contributed by atoms with Crippen molar-refractivity contribution in [3.63, 3.8) is 0 Å². The number of aryl methyl sites for hydroxylation is 1. The van der Waals surface area contributed by atoms with Gasteiger partial charge < -0.3 is 5.32 Å². The molecule has 1 N–H and O–H groups in total. The number of sulfonamides is 1. The first-order chi connectivity index (χ1) is 11.9. The molecule has 3 rings (SSSR count). The molecule has 0 bridgehead atoms. The third-order valence-electron chi connectivity index (χ3n) is 4.04. The molecule has 25 heavy (non-hydrogen) atoms. The minimum atomic E-state index is -3.89. The van der Waals surface area contributed by atoms with Gasteiger partial charge in [0.25, 0.3) is 0 Å². The maximum atomic E-state index is 13.8. The van der Waals surface area contributed by atoms with Crippen LogP contribution in [0.1, 0.15) is 17.8 Å². The van der Waals surface area contributed by atoms with Crippen molar-refractivity contribution in [2.75, 3.05) is 18.4 Å². The third-order valence-corrected chi connectivity index (χ3v) is 6.72. The zero-order valence-electron chi connectivity index (χ0n) is 13.5. The lowest BCUT2D eigenvalue weighted by molar-refractivity contribution is -0.120. The van der Waals surface area contributed by atoms with Gasteiger partial charge in [0.1, 0.15) is 15.7 Å². The van der Waals surface area contributed by atoms with Crippen molar-refractivity contribution in [2.45, 2.75) is 24.7 Å². The molecule has 0 atom stereocenters. The van der Waals surface area contributed by atoms with Gasteiger partial charge in [-0.2, -0.15) is 4.31 Å². The fourth-order valence-corrected chi connectivity index (χ4v) is 4.84. The van der Waals surface area contributed by atoms with Gasteiger partial charge in [-0.3, -0.25) is 4.79 Å². The number of hydrogen-bond acceptors (Lipinski definition) is 6. The summed E-state index contributed by atoms with van der Waals surface area (Å²) in [4.78, 5) is 11.9. The molecule has 0 saturated carbocycles. The number of carbonyl (C=O) groups is 1. The summed E-state index contributed by atoms with van der Waals surface area (Å²) in [5.41, 5.74) is 0. The molecule has 1 fully saturated rings. The summed E-state index contributed by atoms with van der Waals surface area (Å²) in [6.07, 6.45) is 0.745. The molecule has 1 aliphatic rings. The number of nitrogens with zero attached hydrogens (tertiary/aromatic N) is 3. The molecule has 2 heterocycles. The summed E-state index contributed by atoms with van der Waals surface area (Å²) in [6, 6.07) is 5.30. The Kier molecular flexibility index (Phi) is 5.11. The molecule has 134 valence electrons. The molecule has 10 heteroatoms. The minimum absolute atomic E-state index is 0.171. The van der Waals surface area contributed by atoms with Crippen LogP contribution in [-0.2, 0) is 14.8 Å². The Morgan fingerprint density at radius 2 is 1.96 bits per heavy atom. The molecule has 2 aromatic rings. The molecule has 1 saturated heterocycles. The standard InChI is InChI=1S/C15H17FN4O3S2/c1-10-18-19-15(24-10)17-14(21)11-6-8-20(9-7-11)25(22,23)13-5-3-2-4-12(13)16/h2-5,11H,6-9H2,1H3,(H,17,19,21). The van der Waals surface area contributed by atoms with Crippen molar-refractivity contribution >= 4 is 32.4 Å². The quantitative estimate of drug-likeness (QED) is 0.871. The topological polar surface area (TPSA) is 92.3 Å². The Hall–Kier alpha value is -1.91. The normalized spacial score (nSPS) is 16.7. The number of benzene rings is 1. The van der Waals surface area contributed by atoms with Crippen molar-refractivity contribution in [1.29, 1.82) is 0 Å². The molecular formula is C15H17FN4O3S2. The molecule has 0 spiro atoms. The average Bonchev–Trinajstić information content (AvgIpc) is 3.00. The van der Waals surface area contributed by atoms with Crippen molar-refractivity contribution in [1.82, 2.24) is 14.5 Å². The van der Waals surface area contributed by atoms with Crippen LogP contribution in [0.15, 0.2) is 29.2 Å². The van der Waals surface area contributed by atoms with Crippen LogP contribution < -0.4 is 5.32 Å². The van der Waals surface area contributed by atoms with Crippen molar-refractivity contribution < 1.29 is 17.6 Å². The summed E-state index contributed by atoms with van der Waals surface area (Å²) in [6.45, 7) is 2.13. The van der Waals surface area contributed by atoms with Crippen LogP contribution in [0.2, 0.25) is 0 Å². The van der Waals surface area contributed by atoms with Gasteiger partial charge in [0, 0.05) is 19.0 Å². The zero-order chi connectivity index (χ0) is 18.0. The lowest BCUT2D eigenvalue weighted by Crippen LogP contribution is -2.41. The van der Waals surface area contributed by atoms with Gasteiger partial charge in [0.15, 0.2) is 0 Å². The van der Waals surface area contributed by atoms with E-state index in [-0.39, 0.29) is 29.8 Å². The minimum Gasteiger partial charge on any atom is -0.300 e. The molecular weight excluding hydrogens is 367 g/mol. The van der Waals surface area contributed by atoms with Gasteiger partial charge in [-0.05, 0) is 31.9 Å². The SMILES string of the molecule is Cc1nnc(NC(=O)C2CCN(S(=O)(=O)c3ccccc3F)CC2)s1. The largest absolute Gasteiger partial charge is 0.300 e. The number of halogens is 1. The van der Waals surface area contributed by atoms with Crippen LogP contribution in [-0.4, -0.2) is 41.9 Å². The molecule has 1 aromatic carbocycles. The Morgan fingerprint density at radius 1 is 1.28 bits per heavy atom. The highest BCUT2D eigenvalue weighted by Crippen LogP contribution is 2.26. The smallest absolute Gasteiger partial charge is 0.245 e. The number of rotatable bonds is 4. The van der Waals surface area contributed by atoms with Crippen molar-refractivity contribution in [3.8, 4) is 0 Å². The molecule has 1 aromatic heterocycles. The van der Waals surface area contributed by atoms with Crippen LogP contribution >= 0.6 is 11.3 Å². The van der Waals surface area contributed by atoms with E-state index < -0.39 is 15.8 Å². The number of nitrogens with one attached hydrogen (secondary N) is 1. The second-order valence-electron chi connectivity index (χ2n) is 5.72. The number of piperidine rings is 1. The van der Waals surface area contributed by atoms with Crippen LogP contribution in [0.25, 0.3) is 0 Å². The first kappa shape index (κ1) is 17.9. The van der Waals surface area contributed by atoms with E-state index in [0.29, 0.717) is 18.0 Å². The monoisotopic (exact) mass is 384 g/mol.